The normalized spacial score (nSPS) is 13.2. The molecule has 0 aliphatic rings. The van der Waals surface area contributed by atoms with E-state index < -0.39 is 0 Å². The summed E-state index contributed by atoms with van der Waals surface area (Å²) in [6, 6.07) is 15.3. The zero-order valence-electron chi connectivity index (χ0n) is 11.4. The van der Waals surface area contributed by atoms with Crippen molar-refractivity contribution in [1.29, 1.82) is 0 Å². The number of anilines is 1. The summed E-state index contributed by atoms with van der Waals surface area (Å²) in [5.41, 5.74) is 15.2. The molecule has 0 aromatic heterocycles. The Labute approximate surface area is 124 Å². The molecule has 2 aromatic rings. The predicted molar refractivity (Wildman–Crippen MR) is 86.5 cm³/mol. The van der Waals surface area contributed by atoms with E-state index in [0.29, 0.717) is 17.3 Å². The van der Waals surface area contributed by atoms with E-state index in [-0.39, 0.29) is 6.04 Å². The number of benzene rings is 2. The van der Waals surface area contributed by atoms with Gasteiger partial charge < -0.3 is 11.5 Å². The van der Waals surface area contributed by atoms with Crippen LogP contribution in [0.4, 0.5) is 5.69 Å². The summed E-state index contributed by atoms with van der Waals surface area (Å²) >= 11 is 6.08. The molecule has 0 saturated heterocycles. The third-order valence-electron chi connectivity index (χ3n) is 2.86. The van der Waals surface area contributed by atoms with Crippen LogP contribution in [0, 0.1) is 0 Å². The van der Waals surface area contributed by atoms with E-state index in [9.17, 15) is 0 Å². The number of rotatable bonds is 4. The van der Waals surface area contributed by atoms with Gasteiger partial charge in [0.05, 0.1) is 12.3 Å². The Bertz CT molecular complexity index is 606. The SMILES string of the molecule is CC(N)CN=C(c1ccccc1)c1cc(Cl)ccc1N. The van der Waals surface area contributed by atoms with Crippen molar-refractivity contribution in [2.75, 3.05) is 12.3 Å². The zero-order valence-corrected chi connectivity index (χ0v) is 12.1. The molecule has 0 amide bonds. The van der Waals surface area contributed by atoms with Gasteiger partial charge in [0.25, 0.3) is 0 Å². The van der Waals surface area contributed by atoms with Gasteiger partial charge >= 0.3 is 0 Å². The van der Waals surface area contributed by atoms with E-state index in [2.05, 4.69) is 4.99 Å². The van der Waals surface area contributed by atoms with Crippen molar-refractivity contribution < 1.29 is 0 Å². The van der Waals surface area contributed by atoms with Crippen LogP contribution in [0.1, 0.15) is 18.1 Å². The van der Waals surface area contributed by atoms with Gasteiger partial charge in [-0.15, -0.1) is 0 Å². The van der Waals surface area contributed by atoms with Gasteiger partial charge in [0, 0.05) is 27.9 Å². The molecule has 0 heterocycles. The van der Waals surface area contributed by atoms with Crippen molar-refractivity contribution >= 4 is 23.0 Å². The van der Waals surface area contributed by atoms with Crippen LogP contribution in [-0.4, -0.2) is 18.3 Å². The topological polar surface area (TPSA) is 64.4 Å². The largest absolute Gasteiger partial charge is 0.398 e. The predicted octanol–water partition coefficient (Wildman–Crippen LogP) is 3.11. The Morgan fingerprint density at radius 1 is 1.20 bits per heavy atom. The Morgan fingerprint density at radius 2 is 1.90 bits per heavy atom. The molecule has 0 spiro atoms. The molecule has 20 heavy (non-hydrogen) atoms. The van der Waals surface area contributed by atoms with Crippen molar-refractivity contribution in [3.63, 3.8) is 0 Å². The monoisotopic (exact) mass is 287 g/mol. The smallest absolute Gasteiger partial charge is 0.0740 e. The van der Waals surface area contributed by atoms with E-state index >= 15 is 0 Å². The molecule has 4 heteroatoms. The van der Waals surface area contributed by atoms with Gasteiger partial charge in [-0.1, -0.05) is 41.9 Å². The lowest BCUT2D eigenvalue weighted by Crippen LogP contribution is -2.20. The molecule has 2 aromatic carbocycles. The van der Waals surface area contributed by atoms with E-state index in [1.54, 1.807) is 12.1 Å². The third kappa shape index (κ3) is 3.59. The summed E-state index contributed by atoms with van der Waals surface area (Å²) in [5.74, 6) is 0. The van der Waals surface area contributed by atoms with Crippen molar-refractivity contribution in [2.45, 2.75) is 13.0 Å². The van der Waals surface area contributed by atoms with Crippen molar-refractivity contribution in [3.05, 3.63) is 64.7 Å². The molecule has 3 nitrogen and oxygen atoms in total. The fourth-order valence-electron chi connectivity index (χ4n) is 1.90. The summed E-state index contributed by atoms with van der Waals surface area (Å²) in [7, 11) is 0. The number of nitrogens with two attached hydrogens (primary N) is 2. The Morgan fingerprint density at radius 3 is 2.55 bits per heavy atom. The first-order valence-corrected chi connectivity index (χ1v) is 6.86. The zero-order chi connectivity index (χ0) is 14.5. The Balaban J connectivity index is 2.52. The maximum absolute atomic E-state index is 6.08. The van der Waals surface area contributed by atoms with Crippen LogP contribution in [0.5, 0.6) is 0 Å². The summed E-state index contributed by atoms with van der Waals surface area (Å²) in [5, 5.41) is 0.638. The van der Waals surface area contributed by atoms with Crippen LogP contribution in [0.2, 0.25) is 5.02 Å². The molecule has 0 radical (unpaired) electrons. The minimum atomic E-state index is -0.00544. The number of hydrogen-bond acceptors (Lipinski definition) is 3. The molecular formula is C16H18ClN3. The highest BCUT2D eigenvalue weighted by Gasteiger charge is 2.11. The summed E-state index contributed by atoms with van der Waals surface area (Å²) in [6.45, 7) is 2.46. The lowest BCUT2D eigenvalue weighted by molar-refractivity contribution is 0.754. The molecule has 0 saturated carbocycles. The number of aliphatic imine (C=N–C) groups is 1. The summed E-state index contributed by atoms with van der Waals surface area (Å²) < 4.78 is 0. The number of halogens is 1. The van der Waals surface area contributed by atoms with E-state index in [1.807, 2.05) is 43.3 Å². The van der Waals surface area contributed by atoms with Crippen LogP contribution < -0.4 is 11.5 Å². The van der Waals surface area contributed by atoms with Crippen LogP contribution in [0.3, 0.4) is 0 Å². The molecule has 1 unspecified atom stereocenters. The average Bonchev–Trinajstić information content (AvgIpc) is 2.43. The maximum Gasteiger partial charge on any atom is 0.0740 e. The summed E-state index contributed by atoms with van der Waals surface area (Å²) in [4.78, 5) is 4.62. The Hall–Kier alpha value is -1.84. The minimum absolute atomic E-state index is 0.00544. The van der Waals surface area contributed by atoms with Crippen molar-refractivity contribution in [2.24, 2.45) is 10.7 Å². The lowest BCUT2D eigenvalue weighted by atomic mass is 10.0. The van der Waals surface area contributed by atoms with Gasteiger partial charge in [-0.3, -0.25) is 4.99 Å². The third-order valence-corrected chi connectivity index (χ3v) is 3.09. The van der Waals surface area contributed by atoms with Crippen LogP contribution >= 0.6 is 11.6 Å². The first kappa shape index (κ1) is 14.6. The quantitative estimate of drug-likeness (QED) is 0.670. The number of nitrogen functional groups attached to an aromatic ring is 1. The minimum Gasteiger partial charge on any atom is -0.398 e. The highest BCUT2D eigenvalue weighted by Crippen LogP contribution is 2.22. The van der Waals surface area contributed by atoms with Crippen LogP contribution in [-0.2, 0) is 0 Å². The molecule has 0 fully saturated rings. The second-order valence-electron chi connectivity index (χ2n) is 4.76. The molecule has 104 valence electrons. The van der Waals surface area contributed by atoms with Crippen molar-refractivity contribution in [3.8, 4) is 0 Å². The first-order chi connectivity index (χ1) is 9.58. The number of hydrogen-bond donors (Lipinski definition) is 2. The standard InChI is InChI=1S/C16H18ClN3/c1-11(18)10-20-16(12-5-3-2-4-6-12)14-9-13(17)7-8-15(14)19/h2-9,11H,10,18-19H2,1H3. The second kappa shape index (κ2) is 6.55. The van der Waals surface area contributed by atoms with Gasteiger partial charge in [0.15, 0.2) is 0 Å². The molecule has 1 atom stereocenters. The molecule has 2 rings (SSSR count). The number of nitrogens with zero attached hydrogens (tertiary/aromatic N) is 1. The van der Waals surface area contributed by atoms with Gasteiger partial charge in [-0.05, 0) is 25.1 Å². The van der Waals surface area contributed by atoms with E-state index in [0.717, 1.165) is 16.8 Å². The fourth-order valence-corrected chi connectivity index (χ4v) is 2.07. The molecule has 0 bridgehead atoms. The van der Waals surface area contributed by atoms with Crippen LogP contribution in [0.25, 0.3) is 0 Å². The van der Waals surface area contributed by atoms with E-state index in [1.165, 1.54) is 0 Å². The molecule has 0 aliphatic carbocycles. The average molecular weight is 288 g/mol. The maximum atomic E-state index is 6.08. The van der Waals surface area contributed by atoms with Gasteiger partial charge in [-0.25, -0.2) is 0 Å². The van der Waals surface area contributed by atoms with Crippen LogP contribution in [0.15, 0.2) is 53.5 Å². The van der Waals surface area contributed by atoms with E-state index in [4.69, 9.17) is 23.1 Å². The molecular weight excluding hydrogens is 270 g/mol. The van der Waals surface area contributed by atoms with Gasteiger partial charge in [0.1, 0.15) is 0 Å². The summed E-state index contributed by atoms with van der Waals surface area (Å²) in [6.07, 6.45) is 0. The highest BCUT2D eigenvalue weighted by molar-refractivity contribution is 6.31. The lowest BCUT2D eigenvalue weighted by Gasteiger charge is -2.12. The van der Waals surface area contributed by atoms with Gasteiger partial charge in [-0.2, -0.15) is 0 Å². The fraction of sp³-hybridized carbons (Fsp3) is 0.188. The molecule has 4 N–H and O–H groups in total. The Kier molecular flexibility index (Phi) is 4.77. The first-order valence-electron chi connectivity index (χ1n) is 6.49. The second-order valence-corrected chi connectivity index (χ2v) is 5.20. The van der Waals surface area contributed by atoms with Crippen molar-refractivity contribution in [1.82, 2.24) is 0 Å². The highest BCUT2D eigenvalue weighted by atomic mass is 35.5. The van der Waals surface area contributed by atoms with Gasteiger partial charge in [0.2, 0.25) is 0 Å². The molecule has 0 aliphatic heterocycles.